The smallest absolute Gasteiger partial charge is 0.252 e. The number of nitrogens with one attached hydrogen (secondary N) is 1. The Balaban J connectivity index is 1.78. The summed E-state index contributed by atoms with van der Waals surface area (Å²) < 4.78 is 16.3. The molecule has 1 amide bonds. The molecule has 21 heavy (non-hydrogen) atoms. The summed E-state index contributed by atoms with van der Waals surface area (Å²) in [7, 11) is 3.36. The van der Waals surface area contributed by atoms with Gasteiger partial charge in [-0.3, -0.25) is 4.79 Å². The van der Waals surface area contributed by atoms with E-state index in [1.165, 1.54) is 0 Å². The van der Waals surface area contributed by atoms with Gasteiger partial charge >= 0.3 is 0 Å². The molecule has 2 rings (SSSR count). The third-order valence-corrected chi connectivity index (χ3v) is 3.33. The van der Waals surface area contributed by atoms with Crippen molar-refractivity contribution >= 4 is 5.91 Å². The Morgan fingerprint density at radius 2 is 2.19 bits per heavy atom. The molecule has 0 radical (unpaired) electrons. The van der Waals surface area contributed by atoms with Crippen molar-refractivity contribution in [1.82, 2.24) is 10.2 Å². The summed E-state index contributed by atoms with van der Waals surface area (Å²) in [5, 5.41) is 3.15. The van der Waals surface area contributed by atoms with E-state index in [1.54, 1.807) is 19.1 Å². The molecule has 1 saturated heterocycles. The summed E-state index contributed by atoms with van der Waals surface area (Å²) in [6.07, 6.45) is -0.394. The van der Waals surface area contributed by atoms with Crippen LogP contribution in [0.3, 0.4) is 0 Å². The summed E-state index contributed by atoms with van der Waals surface area (Å²) in [4.78, 5) is 13.8. The molecule has 116 valence electrons. The summed E-state index contributed by atoms with van der Waals surface area (Å²) in [5.74, 6) is 1.34. The highest BCUT2D eigenvalue weighted by molar-refractivity contribution is 5.81. The monoisotopic (exact) mass is 294 g/mol. The van der Waals surface area contributed by atoms with Gasteiger partial charge in [0.15, 0.2) is 11.5 Å². The van der Waals surface area contributed by atoms with E-state index >= 15 is 0 Å². The van der Waals surface area contributed by atoms with Gasteiger partial charge in [0, 0.05) is 20.1 Å². The average molecular weight is 294 g/mol. The molecule has 6 heteroatoms. The summed E-state index contributed by atoms with van der Waals surface area (Å²) in [5.41, 5.74) is 0. The lowest BCUT2D eigenvalue weighted by Crippen LogP contribution is -2.49. The lowest BCUT2D eigenvalue weighted by molar-refractivity contribution is -0.144. The van der Waals surface area contributed by atoms with E-state index in [0.29, 0.717) is 37.8 Å². The van der Waals surface area contributed by atoms with E-state index in [1.807, 2.05) is 24.3 Å². The van der Waals surface area contributed by atoms with E-state index < -0.39 is 6.10 Å². The molecular formula is C15H22N2O4. The molecule has 0 saturated carbocycles. The molecule has 1 atom stereocenters. The Hall–Kier alpha value is -1.79. The zero-order valence-corrected chi connectivity index (χ0v) is 12.5. The summed E-state index contributed by atoms with van der Waals surface area (Å²) in [6.45, 7) is 2.84. The number of hydrogen-bond acceptors (Lipinski definition) is 5. The second-order valence-corrected chi connectivity index (χ2v) is 4.82. The van der Waals surface area contributed by atoms with Crippen LogP contribution in [0.5, 0.6) is 11.5 Å². The van der Waals surface area contributed by atoms with Crippen molar-refractivity contribution in [2.75, 3.05) is 47.0 Å². The molecule has 1 aromatic rings. The highest BCUT2D eigenvalue weighted by Crippen LogP contribution is 2.25. The highest BCUT2D eigenvalue weighted by Gasteiger charge is 2.24. The quantitative estimate of drug-likeness (QED) is 0.829. The van der Waals surface area contributed by atoms with Gasteiger partial charge in [-0.2, -0.15) is 0 Å². The van der Waals surface area contributed by atoms with Gasteiger partial charge in [0.05, 0.1) is 20.3 Å². The van der Waals surface area contributed by atoms with Crippen LogP contribution in [0.1, 0.15) is 0 Å². The van der Waals surface area contributed by atoms with Gasteiger partial charge in [0.1, 0.15) is 12.7 Å². The summed E-state index contributed by atoms with van der Waals surface area (Å²) >= 11 is 0. The first-order valence-electron chi connectivity index (χ1n) is 7.05. The Morgan fingerprint density at radius 3 is 2.86 bits per heavy atom. The number of likely N-dealkylation sites (N-methyl/N-ethyl adjacent to an activating group) is 1. The maximum atomic E-state index is 12.1. The maximum absolute atomic E-state index is 12.1. The topological polar surface area (TPSA) is 60.0 Å². The Morgan fingerprint density at radius 1 is 1.43 bits per heavy atom. The van der Waals surface area contributed by atoms with Gasteiger partial charge in [-0.15, -0.1) is 0 Å². The zero-order valence-electron chi connectivity index (χ0n) is 12.5. The van der Waals surface area contributed by atoms with Crippen molar-refractivity contribution < 1.29 is 19.0 Å². The molecule has 0 unspecified atom stereocenters. The van der Waals surface area contributed by atoms with E-state index in [4.69, 9.17) is 14.2 Å². The molecule has 1 heterocycles. The number of benzene rings is 1. The van der Waals surface area contributed by atoms with Crippen LogP contribution in [0.15, 0.2) is 24.3 Å². The normalized spacial score (nSPS) is 18.1. The second kappa shape index (κ2) is 7.85. The third kappa shape index (κ3) is 4.34. The molecule has 1 N–H and O–H groups in total. The Kier molecular flexibility index (Phi) is 5.83. The van der Waals surface area contributed by atoms with Gasteiger partial charge in [-0.25, -0.2) is 0 Å². The minimum absolute atomic E-state index is 0.0224. The number of nitrogens with zero attached hydrogens (tertiary/aromatic N) is 1. The van der Waals surface area contributed by atoms with Crippen LogP contribution in [0.25, 0.3) is 0 Å². The number of rotatable bonds is 6. The summed E-state index contributed by atoms with van der Waals surface area (Å²) in [6, 6.07) is 7.45. The molecule has 1 aliphatic heterocycles. The van der Waals surface area contributed by atoms with Crippen LogP contribution < -0.4 is 14.8 Å². The lowest BCUT2D eigenvalue weighted by Gasteiger charge is -2.27. The van der Waals surface area contributed by atoms with Crippen molar-refractivity contribution in [1.29, 1.82) is 0 Å². The van der Waals surface area contributed by atoms with Crippen molar-refractivity contribution in [2.24, 2.45) is 0 Å². The fraction of sp³-hybridized carbons (Fsp3) is 0.533. The molecular weight excluding hydrogens is 272 g/mol. The van der Waals surface area contributed by atoms with Gasteiger partial charge in [-0.05, 0) is 12.1 Å². The fourth-order valence-corrected chi connectivity index (χ4v) is 2.11. The Bertz CT molecular complexity index is 461. The molecule has 0 spiro atoms. The first-order chi connectivity index (χ1) is 10.2. The van der Waals surface area contributed by atoms with Crippen LogP contribution >= 0.6 is 0 Å². The first kappa shape index (κ1) is 15.6. The van der Waals surface area contributed by atoms with Gasteiger partial charge in [0.25, 0.3) is 5.91 Å². The van der Waals surface area contributed by atoms with Gasteiger partial charge in [-0.1, -0.05) is 12.1 Å². The molecule has 1 aromatic carbocycles. The molecule has 6 nitrogen and oxygen atoms in total. The average Bonchev–Trinajstić information content (AvgIpc) is 2.55. The minimum Gasteiger partial charge on any atom is -0.493 e. The number of ether oxygens (including phenoxy) is 3. The predicted octanol–water partition coefficient (Wildman–Crippen LogP) is 0.521. The van der Waals surface area contributed by atoms with Crippen LogP contribution in [0.2, 0.25) is 0 Å². The number of carbonyl (C=O) groups excluding carboxylic acids is 1. The van der Waals surface area contributed by atoms with E-state index in [-0.39, 0.29) is 5.91 Å². The molecule has 0 aliphatic carbocycles. The maximum Gasteiger partial charge on any atom is 0.252 e. The van der Waals surface area contributed by atoms with E-state index in [2.05, 4.69) is 5.32 Å². The van der Waals surface area contributed by atoms with Crippen molar-refractivity contribution in [3.05, 3.63) is 24.3 Å². The molecule has 1 aliphatic rings. The first-order valence-corrected chi connectivity index (χ1v) is 7.05. The standard InChI is InChI=1S/C15H22N2O4/c1-17(15(18)14-11-16-7-9-20-14)8-10-21-13-6-4-3-5-12(13)19-2/h3-6,14,16H,7-11H2,1-2H3/t14-/m0/s1. The number of morpholine rings is 1. The van der Waals surface area contributed by atoms with Crippen molar-refractivity contribution in [3.63, 3.8) is 0 Å². The second-order valence-electron chi connectivity index (χ2n) is 4.82. The largest absolute Gasteiger partial charge is 0.493 e. The van der Waals surface area contributed by atoms with Crippen molar-refractivity contribution in [3.8, 4) is 11.5 Å². The zero-order chi connectivity index (χ0) is 15.1. The number of para-hydroxylation sites is 2. The fourth-order valence-electron chi connectivity index (χ4n) is 2.11. The molecule has 0 aromatic heterocycles. The van der Waals surface area contributed by atoms with Crippen molar-refractivity contribution in [2.45, 2.75) is 6.10 Å². The SMILES string of the molecule is COc1ccccc1OCCN(C)C(=O)[C@@H]1CNCCO1. The van der Waals surface area contributed by atoms with E-state index in [0.717, 1.165) is 6.54 Å². The van der Waals surface area contributed by atoms with Gasteiger partial charge in [0.2, 0.25) is 0 Å². The van der Waals surface area contributed by atoms with E-state index in [9.17, 15) is 4.79 Å². The molecule has 0 bridgehead atoms. The van der Waals surface area contributed by atoms with Crippen LogP contribution in [-0.4, -0.2) is 63.9 Å². The van der Waals surface area contributed by atoms with Crippen LogP contribution in [-0.2, 0) is 9.53 Å². The highest BCUT2D eigenvalue weighted by atomic mass is 16.5. The number of methoxy groups -OCH3 is 1. The molecule has 1 fully saturated rings. The lowest BCUT2D eigenvalue weighted by atomic mass is 10.2. The number of hydrogen-bond donors (Lipinski definition) is 1. The third-order valence-electron chi connectivity index (χ3n) is 3.33. The predicted molar refractivity (Wildman–Crippen MR) is 78.7 cm³/mol. The number of carbonyl (C=O) groups is 1. The Labute approximate surface area is 125 Å². The number of amides is 1. The minimum atomic E-state index is -0.394. The van der Waals surface area contributed by atoms with Crippen LogP contribution in [0, 0.1) is 0 Å². The van der Waals surface area contributed by atoms with Crippen LogP contribution in [0.4, 0.5) is 0 Å². The van der Waals surface area contributed by atoms with Gasteiger partial charge < -0.3 is 24.4 Å².